The van der Waals surface area contributed by atoms with E-state index < -0.39 is 15.3 Å². The Morgan fingerprint density at radius 3 is 2.17 bits per heavy atom. The molecule has 2 fully saturated rings. The Hall–Kier alpha value is -0.680. The molecule has 0 aromatic carbocycles. The summed E-state index contributed by atoms with van der Waals surface area (Å²) < 4.78 is 26.4. The van der Waals surface area contributed by atoms with Gasteiger partial charge in [-0.1, -0.05) is 13.8 Å². The van der Waals surface area contributed by atoms with Gasteiger partial charge in [0.05, 0.1) is 6.07 Å². The molecule has 0 aromatic rings. The van der Waals surface area contributed by atoms with Crippen molar-refractivity contribution in [1.29, 1.82) is 5.26 Å². The van der Waals surface area contributed by atoms with E-state index in [-0.39, 0.29) is 0 Å². The second kappa shape index (κ2) is 8.43. The molecule has 1 unspecified atom stereocenters. The van der Waals surface area contributed by atoms with E-state index in [0.29, 0.717) is 25.6 Å². The van der Waals surface area contributed by atoms with E-state index in [0.717, 1.165) is 26.2 Å². The lowest BCUT2D eigenvalue weighted by molar-refractivity contribution is 0.0810. The molecule has 1 atom stereocenters. The highest BCUT2D eigenvalue weighted by atomic mass is 32.2. The van der Waals surface area contributed by atoms with Crippen molar-refractivity contribution in [1.82, 2.24) is 14.1 Å². The second-order valence-corrected chi connectivity index (χ2v) is 8.69. The van der Waals surface area contributed by atoms with Gasteiger partial charge in [-0.25, -0.2) is 8.42 Å². The number of sulfonamides is 1. The van der Waals surface area contributed by atoms with Gasteiger partial charge in [-0.3, -0.25) is 4.90 Å². The van der Waals surface area contributed by atoms with Crippen molar-refractivity contribution in [3.8, 4) is 6.07 Å². The van der Waals surface area contributed by atoms with Crippen molar-refractivity contribution < 1.29 is 8.42 Å². The van der Waals surface area contributed by atoms with Crippen LogP contribution < -0.4 is 0 Å². The quantitative estimate of drug-likeness (QED) is 0.723. The Morgan fingerprint density at radius 2 is 1.70 bits per heavy atom. The second-order valence-electron chi connectivity index (χ2n) is 6.58. The molecule has 2 aliphatic rings. The van der Waals surface area contributed by atoms with Crippen LogP contribution in [0.1, 0.15) is 39.5 Å². The van der Waals surface area contributed by atoms with Gasteiger partial charge in [0.15, 0.2) is 5.25 Å². The van der Waals surface area contributed by atoms with Crippen LogP contribution in [0.3, 0.4) is 0 Å². The molecule has 6 nitrogen and oxygen atoms in total. The van der Waals surface area contributed by atoms with Crippen molar-refractivity contribution in [2.24, 2.45) is 0 Å². The molecule has 0 aromatic heterocycles. The zero-order valence-corrected chi connectivity index (χ0v) is 15.3. The molecule has 0 amide bonds. The average Bonchev–Trinajstić information content (AvgIpc) is 2.57. The van der Waals surface area contributed by atoms with Gasteiger partial charge in [-0.05, 0) is 45.3 Å². The molecule has 0 saturated carbocycles. The number of piperidine rings is 1. The summed E-state index contributed by atoms with van der Waals surface area (Å²) in [4.78, 5) is 4.97. The Balaban J connectivity index is 1.84. The predicted octanol–water partition coefficient (Wildman–Crippen LogP) is 1.11. The van der Waals surface area contributed by atoms with E-state index >= 15 is 0 Å². The third-order valence-corrected chi connectivity index (χ3v) is 7.36. The minimum atomic E-state index is -3.46. The molecule has 2 heterocycles. The number of rotatable bonds is 6. The topological polar surface area (TPSA) is 67.7 Å². The first kappa shape index (κ1) is 18.7. The van der Waals surface area contributed by atoms with Crippen LogP contribution in [-0.2, 0) is 10.0 Å². The summed E-state index contributed by atoms with van der Waals surface area (Å²) in [6, 6.07) is 2.52. The summed E-state index contributed by atoms with van der Waals surface area (Å²) in [6.45, 7) is 10.1. The molecule has 0 aliphatic carbocycles. The lowest BCUT2D eigenvalue weighted by atomic mass is 10.0. The number of nitrogens with zero attached hydrogens (tertiary/aromatic N) is 4. The molecule has 2 saturated heterocycles. The van der Waals surface area contributed by atoms with Crippen LogP contribution in [0.5, 0.6) is 0 Å². The number of nitriles is 1. The Morgan fingerprint density at radius 1 is 1.09 bits per heavy atom. The van der Waals surface area contributed by atoms with E-state index in [4.69, 9.17) is 5.26 Å². The Labute approximate surface area is 141 Å². The van der Waals surface area contributed by atoms with E-state index in [9.17, 15) is 8.42 Å². The summed E-state index contributed by atoms with van der Waals surface area (Å²) in [5, 5.41) is 8.15. The van der Waals surface area contributed by atoms with Crippen molar-refractivity contribution >= 4 is 10.0 Å². The predicted molar refractivity (Wildman–Crippen MR) is 91.5 cm³/mol. The lowest BCUT2D eigenvalue weighted by Gasteiger charge is -2.42. The SMILES string of the molecule is CCCN1CCC(N2CCN(S(=O)(=O)C(C#N)CC)CC2)CC1. The monoisotopic (exact) mass is 342 g/mol. The van der Waals surface area contributed by atoms with E-state index in [1.54, 1.807) is 6.92 Å². The van der Waals surface area contributed by atoms with Crippen LogP contribution >= 0.6 is 0 Å². The fraction of sp³-hybridized carbons (Fsp3) is 0.938. The van der Waals surface area contributed by atoms with Crippen LogP contribution in [0.2, 0.25) is 0 Å². The van der Waals surface area contributed by atoms with Crippen LogP contribution in [0.15, 0.2) is 0 Å². The highest BCUT2D eigenvalue weighted by Crippen LogP contribution is 2.21. The summed E-state index contributed by atoms with van der Waals surface area (Å²) >= 11 is 0. The van der Waals surface area contributed by atoms with Gasteiger partial charge in [0.2, 0.25) is 10.0 Å². The molecule has 2 aliphatic heterocycles. The van der Waals surface area contributed by atoms with Gasteiger partial charge in [0.1, 0.15) is 0 Å². The van der Waals surface area contributed by atoms with Gasteiger partial charge >= 0.3 is 0 Å². The minimum absolute atomic E-state index is 0.356. The molecule has 0 bridgehead atoms. The normalized spacial score (nSPS) is 24.4. The number of hydrogen-bond acceptors (Lipinski definition) is 5. The fourth-order valence-corrected chi connectivity index (χ4v) is 5.28. The largest absolute Gasteiger partial charge is 0.303 e. The van der Waals surface area contributed by atoms with Crippen LogP contribution in [0.25, 0.3) is 0 Å². The Bertz CT molecular complexity index is 501. The third-order valence-electron chi connectivity index (χ3n) is 5.12. The van der Waals surface area contributed by atoms with Crippen LogP contribution in [-0.4, -0.2) is 79.6 Å². The lowest BCUT2D eigenvalue weighted by Crippen LogP contribution is -2.55. The molecular weight excluding hydrogens is 312 g/mol. The molecule has 132 valence electrons. The number of likely N-dealkylation sites (tertiary alicyclic amines) is 1. The van der Waals surface area contributed by atoms with E-state index in [1.165, 1.54) is 30.1 Å². The van der Waals surface area contributed by atoms with Crippen molar-refractivity contribution in [3.63, 3.8) is 0 Å². The zero-order valence-electron chi connectivity index (χ0n) is 14.4. The van der Waals surface area contributed by atoms with Crippen LogP contribution in [0.4, 0.5) is 0 Å². The number of piperazine rings is 1. The van der Waals surface area contributed by atoms with E-state index in [1.807, 2.05) is 6.07 Å². The van der Waals surface area contributed by atoms with Crippen LogP contribution in [0, 0.1) is 11.3 Å². The van der Waals surface area contributed by atoms with Crippen molar-refractivity contribution in [2.75, 3.05) is 45.8 Å². The van der Waals surface area contributed by atoms with Crippen molar-refractivity contribution in [3.05, 3.63) is 0 Å². The first-order valence-corrected chi connectivity index (χ1v) is 10.4. The van der Waals surface area contributed by atoms with Gasteiger partial charge in [-0.2, -0.15) is 9.57 Å². The number of hydrogen-bond donors (Lipinski definition) is 0. The minimum Gasteiger partial charge on any atom is -0.303 e. The summed E-state index contributed by atoms with van der Waals surface area (Å²) in [5.41, 5.74) is 0. The standard InChI is InChI=1S/C16H30N4O2S/c1-3-7-18-8-5-15(6-9-18)19-10-12-20(13-11-19)23(21,22)16(4-2)14-17/h15-16H,3-13H2,1-2H3. The summed E-state index contributed by atoms with van der Waals surface area (Å²) in [6.07, 6.45) is 3.93. The molecule has 0 radical (unpaired) electrons. The highest BCUT2D eigenvalue weighted by molar-refractivity contribution is 7.90. The zero-order chi connectivity index (χ0) is 16.9. The maximum atomic E-state index is 12.4. The summed E-state index contributed by atoms with van der Waals surface area (Å²) in [7, 11) is -3.46. The first-order chi connectivity index (χ1) is 11.0. The molecule has 2 rings (SSSR count). The molecule has 0 N–H and O–H groups in total. The molecule has 23 heavy (non-hydrogen) atoms. The van der Waals surface area contributed by atoms with E-state index in [2.05, 4.69) is 16.7 Å². The average molecular weight is 343 g/mol. The highest BCUT2D eigenvalue weighted by Gasteiger charge is 2.35. The first-order valence-electron chi connectivity index (χ1n) is 8.87. The summed E-state index contributed by atoms with van der Waals surface area (Å²) in [5.74, 6) is 0. The van der Waals surface area contributed by atoms with Crippen molar-refractivity contribution in [2.45, 2.75) is 50.8 Å². The Kier molecular flexibility index (Phi) is 6.84. The van der Waals surface area contributed by atoms with Gasteiger partial charge in [0.25, 0.3) is 0 Å². The smallest absolute Gasteiger partial charge is 0.230 e. The van der Waals surface area contributed by atoms with Gasteiger partial charge in [-0.15, -0.1) is 0 Å². The maximum Gasteiger partial charge on any atom is 0.230 e. The fourth-order valence-electron chi connectivity index (χ4n) is 3.70. The molecule has 0 spiro atoms. The maximum absolute atomic E-state index is 12.4. The van der Waals surface area contributed by atoms with Gasteiger partial charge in [0, 0.05) is 32.2 Å². The molecular formula is C16H30N4O2S. The third kappa shape index (κ3) is 4.44. The molecule has 7 heteroatoms. The van der Waals surface area contributed by atoms with Gasteiger partial charge < -0.3 is 4.90 Å².